The highest BCUT2D eigenvalue weighted by atomic mass is 79.9. The van der Waals surface area contributed by atoms with Gasteiger partial charge in [-0.05, 0) is 34.7 Å². The van der Waals surface area contributed by atoms with E-state index in [0.717, 1.165) is 15.7 Å². The van der Waals surface area contributed by atoms with Crippen molar-refractivity contribution in [1.82, 2.24) is 20.2 Å². The van der Waals surface area contributed by atoms with Crippen LogP contribution in [-0.2, 0) is 0 Å². The molecule has 7 heteroatoms. The van der Waals surface area contributed by atoms with Crippen LogP contribution in [-0.4, -0.2) is 27.3 Å². The molecule has 0 fully saturated rings. The van der Waals surface area contributed by atoms with E-state index >= 15 is 0 Å². The van der Waals surface area contributed by atoms with Gasteiger partial charge in [0.15, 0.2) is 5.82 Å². The van der Waals surface area contributed by atoms with Gasteiger partial charge in [-0.2, -0.15) is 4.68 Å². The summed E-state index contributed by atoms with van der Waals surface area (Å²) in [6.07, 6.45) is 0. The molecule has 0 aliphatic carbocycles. The van der Waals surface area contributed by atoms with Gasteiger partial charge in [0.25, 0.3) is 0 Å². The van der Waals surface area contributed by atoms with Gasteiger partial charge in [0.2, 0.25) is 0 Å². The van der Waals surface area contributed by atoms with E-state index in [0.29, 0.717) is 17.3 Å². The number of ether oxygens (including phenoxy) is 1. The molecule has 0 radical (unpaired) electrons. The number of halogens is 1. The molecule has 6 nitrogen and oxygen atoms in total. The smallest absolute Gasteiger partial charge is 0.189 e. The average molecular weight is 346 g/mol. The molecule has 2 N–H and O–H groups in total. The standard InChI is InChI=1S/C14H12BrN5O/c1-21-11-7-9(15)6-10(8-11)20-14(17-18-19-20)12-4-2-3-5-13(12)16/h2-8H,16H2,1H3. The zero-order valence-electron chi connectivity index (χ0n) is 11.2. The van der Waals surface area contributed by atoms with Gasteiger partial charge >= 0.3 is 0 Å². The summed E-state index contributed by atoms with van der Waals surface area (Å²) in [4.78, 5) is 0. The van der Waals surface area contributed by atoms with Crippen molar-refractivity contribution in [1.29, 1.82) is 0 Å². The lowest BCUT2D eigenvalue weighted by Gasteiger charge is -2.09. The minimum atomic E-state index is 0.577. The van der Waals surface area contributed by atoms with Crippen LogP contribution >= 0.6 is 15.9 Å². The Morgan fingerprint density at radius 1 is 1.19 bits per heavy atom. The number of tetrazole rings is 1. The molecule has 1 aromatic heterocycles. The maximum absolute atomic E-state index is 6.00. The first kappa shape index (κ1) is 13.6. The van der Waals surface area contributed by atoms with E-state index in [-0.39, 0.29) is 0 Å². The summed E-state index contributed by atoms with van der Waals surface area (Å²) < 4.78 is 7.76. The second-order valence-electron chi connectivity index (χ2n) is 4.35. The summed E-state index contributed by atoms with van der Waals surface area (Å²) in [6.45, 7) is 0. The first-order valence-electron chi connectivity index (χ1n) is 6.17. The first-order valence-corrected chi connectivity index (χ1v) is 6.96. The van der Waals surface area contributed by atoms with Crippen molar-refractivity contribution in [2.45, 2.75) is 0 Å². The Morgan fingerprint density at radius 2 is 2.00 bits per heavy atom. The van der Waals surface area contributed by atoms with Crippen LogP contribution in [0.1, 0.15) is 0 Å². The Labute approximate surface area is 129 Å². The van der Waals surface area contributed by atoms with E-state index in [1.165, 1.54) is 0 Å². The summed E-state index contributed by atoms with van der Waals surface area (Å²) in [5, 5.41) is 11.9. The zero-order valence-corrected chi connectivity index (χ0v) is 12.8. The van der Waals surface area contributed by atoms with E-state index in [1.54, 1.807) is 11.8 Å². The maximum atomic E-state index is 6.00. The number of para-hydroxylation sites is 1. The van der Waals surface area contributed by atoms with E-state index in [1.807, 2.05) is 42.5 Å². The maximum Gasteiger partial charge on any atom is 0.189 e. The molecular formula is C14H12BrN5O. The molecule has 3 aromatic rings. The molecule has 0 unspecified atom stereocenters. The van der Waals surface area contributed by atoms with Crippen molar-refractivity contribution in [3.8, 4) is 22.8 Å². The Morgan fingerprint density at radius 3 is 2.76 bits per heavy atom. The molecule has 0 saturated heterocycles. The number of rotatable bonds is 3. The van der Waals surface area contributed by atoms with Gasteiger partial charge in [-0.15, -0.1) is 5.10 Å². The van der Waals surface area contributed by atoms with Gasteiger partial charge in [0.05, 0.1) is 12.8 Å². The molecule has 0 aliphatic rings. The normalized spacial score (nSPS) is 10.6. The first-order chi connectivity index (χ1) is 10.2. The quantitative estimate of drug-likeness (QED) is 0.738. The highest BCUT2D eigenvalue weighted by molar-refractivity contribution is 9.10. The van der Waals surface area contributed by atoms with E-state index in [9.17, 15) is 0 Å². The van der Waals surface area contributed by atoms with Crippen LogP contribution in [0, 0.1) is 0 Å². The molecule has 3 rings (SSSR count). The third-order valence-electron chi connectivity index (χ3n) is 3.01. The lowest BCUT2D eigenvalue weighted by molar-refractivity contribution is 0.414. The molecule has 0 amide bonds. The zero-order chi connectivity index (χ0) is 14.8. The van der Waals surface area contributed by atoms with Gasteiger partial charge in [-0.1, -0.05) is 28.1 Å². The van der Waals surface area contributed by atoms with Crippen LogP contribution in [0.15, 0.2) is 46.9 Å². The lowest BCUT2D eigenvalue weighted by Crippen LogP contribution is -2.02. The minimum Gasteiger partial charge on any atom is -0.497 e. The van der Waals surface area contributed by atoms with Crippen LogP contribution in [0.2, 0.25) is 0 Å². The summed E-state index contributed by atoms with van der Waals surface area (Å²) in [5.41, 5.74) is 8.18. The summed E-state index contributed by atoms with van der Waals surface area (Å²) in [6, 6.07) is 13.1. The molecule has 0 bridgehead atoms. The molecular weight excluding hydrogens is 334 g/mol. The number of aromatic nitrogens is 4. The Bertz CT molecular complexity index is 787. The number of benzene rings is 2. The van der Waals surface area contributed by atoms with Gasteiger partial charge < -0.3 is 10.5 Å². The fourth-order valence-electron chi connectivity index (χ4n) is 2.02. The number of nitrogens with zero attached hydrogens (tertiary/aromatic N) is 4. The second kappa shape index (κ2) is 5.53. The van der Waals surface area contributed by atoms with Crippen molar-refractivity contribution in [3.05, 3.63) is 46.9 Å². The number of anilines is 1. The SMILES string of the molecule is COc1cc(Br)cc(-n2nnnc2-c2ccccc2N)c1. The van der Waals surface area contributed by atoms with E-state index < -0.39 is 0 Å². The monoisotopic (exact) mass is 345 g/mol. The van der Waals surface area contributed by atoms with Crippen LogP contribution < -0.4 is 10.5 Å². The van der Waals surface area contributed by atoms with Crippen molar-refractivity contribution >= 4 is 21.6 Å². The fourth-order valence-corrected chi connectivity index (χ4v) is 2.48. The predicted octanol–water partition coefficient (Wildman–Crippen LogP) is 2.68. The summed E-state index contributed by atoms with van der Waals surface area (Å²) in [7, 11) is 1.61. The van der Waals surface area contributed by atoms with Crippen LogP contribution in [0.25, 0.3) is 17.1 Å². The molecule has 0 spiro atoms. The van der Waals surface area contributed by atoms with E-state index in [4.69, 9.17) is 10.5 Å². The Hall–Kier alpha value is -2.41. The van der Waals surface area contributed by atoms with Crippen molar-refractivity contribution < 1.29 is 4.74 Å². The largest absolute Gasteiger partial charge is 0.497 e. The molecule has 21 heavy (non-hydrogen) atoms. The molecule has 0 aliphatic heterocycles. The number of nitrogens with two attached hydrogens (primary N) is 1. The minimum absolute atomic E-state index is 0.577. The molecule has 2 aromatic carbocycles. The predicted molar refractivity (Wildman–Crippen MR) is 83.3 cm³/mol. The van der Waals surface area contributed by atoms with Gasteiger partial charge in [0, 0.05) is 21.8 Å². The Balaban J connectivity index is 2.16. The van der Waals surface area contributed by atoms with Crippen molar-refractivity contribution in [2.24, 2.45) is 0 Å². The van der Waals surface area contributed by atoms with Crippen LogP contribution in [0.4, 0.5) is 5.69 Å². The highest BCUT2D eigenvalue weighted by Gasteiger charge is 2.14. The number of hydrogen-bond acceptors (Lipinski definition) is 5. The fraction of sp³-hybridized carbons (Fsp3) is 0.0714. The number of hydrogen-bond donors (Lipinski definition) is 1. The third-order valence-corrected chi connectivity index (χ3v) is 3.47. The number of nitrogen functional groups attached to an aromatic ring is 1. The van der Waals surface area contributed by atoms with Crippen molar-refractivity contribution in [2.75, 3.05) is 12.8 Å². The third kappa shape index (κ3) is 2.59. The lowest BCUT2D eigenvalue weighted by atomic mass is 10.1. The topological polar surface area (TPSA) is 78.8 Å². The molecule has 1 heterocycles. The van der Waals surface area contributed by atoms with Crippen LogP contribution in [0.3, 0.4) is 0 Å². The number of methoxy groups -OCH3 is 1. The molecule has 0 atom stereocenters. The second-order valence-corrected chi connectivity index (χ2v) is 5.27. The van der Waals surface area contributed by atoms with Crippen LogP contribution in [0.5, 0.6) is 5.75 Å². The molecule has 0 saturated carbocycles. The van der Waals surface area contributed by atoms with Crippen molar-refractivity contribution in [3.63, 3.8) is 0 Å². The Kier molecular flexibility index (Phi) is 3.57. The average Bonchev–Trinajstić information content (AvgIpc) is 2.96. The van der Waals surface area contributed by atoms with Gasteiger partial charge in [-0.3, -0.25) is 0 Å². The van der Waals surface area contributed by atoms with Gasteiger partial charge in [0.1, 0.15) is 5.75 Å². The van der Waals surface area contributed by atoms with Gasteiger partial charge in [-0.25, -0.2) is 0 Å². The van der Waals surface area contributed by atoms with E-state index in [2.05, 4.69) is 31.5 Å². The summed E-state index contributed by atoms with van der Waals surface area (Å²) >= 11 is 3.45. The molecule has 106 valence electrons. The summed E-state index contributed by atoms with van der Waals surface area (Å²) in [5.74, 6) is 1.29. The highest BCUT2D eigenvalue weighted by Crippen LogP contribution is 2.28.